The number of aromatic amines is 1. The maximum absolute atomic E-state index is 15.9. The Balaban J connectivity index is 1.59. The van der Waals surface area contributed by atoms with Gasteiger partial charge < -0.3 is 14.6 Å². The van der Waals surface area contributed by atoms with E-state index in [0.29, 0.717) is 29.7 Å². The van der Waals surface area contributed by atoms with Gasteiger partial charge in [0.25, 0.3) is 0 Å². The van der Waals surface area contributed by atoms with Gasteiger partial charge >= 0.3 is 5.69 Å². The number of hydrogen-bond donors (Lipinski definition) is 1. The molecule has 170 valence electrons. The molecule has 0 bridgehead atoms. The third-order valence-electron chi connectivity index (χ3n) is 6.40. The lowest BCUT2D eigenvalue weighted by atomic mass is 9.96. The molecule has 3 heterocycles. The van der Waals surface area contributed by atoms with Crippen molar-refractivity contribution in [2.75, 3.05) is 18.1 Å². The number of hydrogen-bond acceptors (Lipinski definition) is 5. The van der Waals surface area contributed by atoms with Crippen LogP contribution in [0, 0.1) is 29.8 Å². The number of rotatable bonds is 2. The number of ether oxygens (including phenoxy) is 1. The average molecular weight is 462 g/mol. The number of halogens is 3. The Bertz CT molecular complexity index is 1590. The minimum absolute atomic E-state index is 0.0655. The highest BCUT2D eigenvalue weighted by Gasteiger charge is 2.45. The van der Waals surface area contributed by atoms with Crippen LogP contribution >= 0.6 is 0 Å². The minimum Gasteiger partial charge on any atom is -0.376 e. The van der Waals surface area contributed by atoms with Crippen molar-refractivity contribution in [2.24, 2.45) is 0 Å². The maximum atomic E-state index is 15.9. The van der Waals surface area contributed by atoms with Crippen molar-refractivity contribution in [3.63, 3.8) is 0 Å². The fourth-order valence-corrected chi connectivity index (χ4v) is 4.77. The van der Waals surface area contributed by atoms with Crippen LogP contribution in [0.4, 0.5) is 19.0 Å². The summed E-state index contributed by atoms with van der Waals surface area (Å²) >= 11 is 0. The summed E-state index contributed by atoms with van der Waals surface area (Å²) < 4.78 is 50.1. The predicted octanol–water partition coefficient (Wildman–Crippen LogP) is 3.90. The van der Waals surface area contributed by atoms with Gasteiger partial charge in [0.05, 0.1) is 28.6 Å². The van der Waals surface area contributed by atoms with Gasteiger partial charge in [-0.2, -0.15) is 4.98 Å². The van der Waals surface area contributed by atoms with Crippen LogP contribution in [0.2, 0.25) is 0 Å². The molecular formula is C25H17F3N4O2. The number of nitrogens with zero attached hydrogens (tertiary/aromatic N) is 3. The van der Waals surface area contributed by atoms with Gasteiger partial charge in [-0.15, -0.1) is 6.42 Å². The van der Waals surface area contributed by atoms with Crippen molar-refractivity contribution in [1.82, 2.24) is 15.0 Å². The maximum Gasteiger partial charge on any atom is 0.347 e. The number of H-pyrrole nitrogens is 1. The molecule has 1 N–H and O–H groups in total. The lowest BCUT2D eigenvalue weighted by molar-refractivity contribution is 0.124. The second kappa shape index (κ2) is 7.57. The smallest absolute Gasteiger partial charge is 0.347 e. The first-order valence-corrected chi connectivity index (χ1v) is 10.8. The molecule has 9 heteroatoms. The molecule has 4 aromatic rings. The molecule has 2 aromatic heterocycles. The van der Waals surface area contributed by atoms with E-state index < -0.39 is 23.1 Å². The molecule has 2 fully saturated rings. The lowest BCUT2D eigenvalue weighted by Gasteiger charge is -2.23. The van der Waals surface area contributed by atoms with E-state index in [1.807, 2.05) is 4.90 Å². The molecule has 1 saturated heterocycles. The summed E-state index contributed by atoms with van der Waals surface area (Å²) in [5.41, 5.74) is -1.04. The third-order valence-corrected chi connectivity index (χ3v) is 6.40. The Labute approximate surface area is 191 Å². The summed E-state index contributed by atoms with van der Waals surface area (Å²) in [4.78, 5) is 25.3. The molecule has 2 atom stereocenters. The summed E-state index contributed by atoms with van der Waals surface area (Å²) in [7, 11) is 0. The molecular weight excluding hydrogens is 445 g/mol. The number of anilines is 1. The fraction of sp³-hybridized carbons (Fsp3) is 0.240. The lowest BCUT2D eigenvalue weighted by Crippen LogP contribution is -2.31. The van der Waals surface area contributed by atoms with Gasteiger partial charge in [-0.1, -0.05) is 24.1 Å². The van der Waals surface area contributed by atoms with Crippen LogP contribution in [0.15, 0.2) is 35.3 Å². The Morgan fingerprint density at radius 1 is 1.24 bits per heavy atom. The first kappa shape index (κ1) is 20.7. The van der Waals surface area contributed by atoms with Gasteiger partial charge in [-0.3, -0.25) is 4.98 Å². The van der Waals surface area contributed by atoms with Crippen LogP contribution in [0.5, 0.6) is 0 Å². The van der Waals surface area contributed by atoms with Crippen LogP contribution < -0.4 is 10.6 Å². The zero-order valence-electron chi connectivity index (χ0n) is 17.7. The number of terminal acetylenes is 1. The Morgan fingerprint density at radius 2 is 2.09 bits per heavy atom. The molecule has 0 radical (unpaired) electrons. The number of nitrogens with one attached hydrogen (secondary N) is 1. The van der Waals surface area contributed by atoms with E-state index in [1.54, 1.807) is 12.1 Å². The van der Waals surface area contributed by atoms with Crippen molar-refractivity contribution < 1.29 is 17.9 Å². The Morgan fingerprint density at radius 3 is 2.91 bits per heavy atom. The van der Waals surface area contributed by atoms with Gasteiger partial charge in [0, 0.05) is 30.3 Å². The van der Waals surface area contributed by atoms with Gasteiger partial charge in [0.2, 0.25) is 0 Å². The zero-order valence-corrected chi connectivity index (χ0v) is 17.7. The van der Waals surface area contributed by atoms with E-state index in [1.165, 1.54) is 12.3 Å². The topological polar surface area (TPSA) is 71.1 Å². The van der Waals surface area contributed by atoms with Crippen LogP contribution in [0.1, 0.15) is 18.4 Å². The summed E-state index contributed by atoms with van der Waals surface area (Å²) in [6.07, 6.45) is 8.55. The van der Waals surface area contributed by atoms with Gasteiger partial charge in [-0.05, 0) is 24.3 Å². The molecule has 0 amide bonds. The highest BCUT2D eigenvalue weighted by atomic mass is 19.2. The number of pyridine rings is 1. The van der Waals surface area contributed by atoms with Crippen molar-refractivity contribution in [2.45, 2.75) is 25.0 Å². The van der Waals surface area contributed by atoms with Crippen LogP contribution in [0.25, 0.3) is 32.9 Å². The van der Waals surface area contributed by atoms with Crippen LogP contribution in [0.3, 0.4) is 0 Å². The van der Waals surface area contributed by atoms with E-state index in [-0.39, 0.29) is 39.9 Å². The van der Waals surface area contributed by atoms with Crippen molar-refractivity contribution in [1.29, 1.82) is 0 Å². The first-order chi connectivity index (χ1) is 16.5. The number of fused-ring (bicyclic) bond motifs is 3. The standard InChI is InChI=1S/C25H17F3N4O2/c1-2-13-19-12(9-16(26)20(13)27)5-3-6-14(19)22-21(28)23-15(11-29-22)24(31-25(33)30-23)32-7-4-8-34-18-10-17(18)32/h1,3,5-6,9,11,17-18H,4,7-8,10H2,(H,30,31,33). The fourth-order valence-electron chi connectivity index (χ4n) is 4.77. The summed E-state index contributed by atoms with van der Waals surface area (Å²) in [5, 5.41) is 0.818. The highest BCUT2D eigenvalue weighted by Crippen LogP contribution is 2.40. The number of aromatic nitrogens is 3. The first-order valence-electron chi connectivity index (χ1n) is 10.8. The minimum atomic E-state index is -1.19. The molecule has 0 spiro atoms. The molecule has 6 rings (SSSR count). The molecule has 6 nitrogen and oxygen atoms in total. The molecule has 34 heavy (non-hydrogen) atoms. The number of benzene rings is 2. The monoisotopic (exact) mass is 462 g/mol. The molecule has 1 saturated carbocycles. The van der Waals surface area contributed by atoms with Crippen LogP contribution in [-0.4, -0.2) is 40.2 Å². The second-order valence-corrected chi connectivity index (χ2v) is 8.43. The quantitative estimate of drug-likeness (QED) is 0.458. The Kier molecular flexibility index (Phi) is 4.61. The van der Waals surface area contributed by atoms with E-state index in [4.69, 9.17) is 11.2 Å². The predicted molar refractivity (Wildman–Crippen MR) is 121 cm³/mol. The Hall–Kier alpha value is -3.90. The summed E-state index contributed by atoms with van der Waals surface area (Å²) in [6, 6.07) is 5.74. The SMILES string of the molecule is C#Cc1c(F)c(F)cc2cccc(-c3ncc4c(N5CCCOC6CC65)nc(=O)[nH]c4c3F)c12. The summed E-state index contributed by atoms with van der Waals surface area (Å²) in [6.45, 7) is 1.24. The largest absolute Gasteiger partial charge is 0.376 e. The molecule has 2 aliphatic rings. The zero-order chi connectivity index (χ0) is 23.6. The average Bonchev–Trinajstić information content (AvgIpc) is 3.61. The van der Waals surface area contributed by atoms with E-state index >= 15 is 4.39 Å². The second-order valence-electron chi connectivity index (χ2n) is 8.43. The molecule has 2 unspecified atom stereocenters. The van der Waals surface area contributed by atoms with E-state index in [9.17, 15) is 13.6 Å². The van der Waals surface area contributed by atoms with Crippen LogP contribution in [-0.2, 0) is 4.74 Å². The summed E-state index contributed by atoms with van der Waals surface area (Å²) in [5.74, 6) is -0.568. The van der Waals surface area contributed by atoms with Crippen molar-refractivity contribution in [3.05, 3.63) is 64.0 Å². The highest BCUT2D eigenvalue weighted by molar-refractivity contribution is 6.02. The molecule has 2 aromatic carbocycles. The van der Waals surface area contributed by atoms with E-state index in [0.717, 1.165) is 18.9 Å². The van der Waals surface area contributed by atoms with Gasteiger partial charge in [0.1, 0.15) is 11.5 Å². The van der Waals surface area contributed by atoms with Gasteiger partial charge in [0.15, 0.2) is 17.5 Å². The molecule has 1 aliphatic carbocycles. The third kappa shape index (κ3) is 3.06. The van der Waals surface area contributed by atoms with Crippen molar-refractivity contribution >= 4 is 27.5 Å². The normalized spacial score (nSPS) is 19.6. The van der Waals surface area contributed by atoms with Crippen molar-refractivity contribution in [3.8, 4) is 23.6 Å². The van der Waals surface area contributed by atoms with Gasteiger partial charge in [-0.25, -0.2) is 18.0 Å². The molecule has 1 aliphatic heterocycles. The van der Waals surface area contributed by atoms with E-state index in [2.05, 4.69) is 20.9 Å².